The van der Waals surface area contributed by atoms with Crippen LogP contribution in [0.5, 0.6) is 0 Å². The number of nitrogens with one attached hydrogen (secondary N) is 1. The van der Waals surface area contributed by atoms with Crippen LogP contribution in [0.15, 0.2) is 23.1 Å². The van der Waals surface area contributed by atoms with Crippen LogP contribution >= 0.6 is 35.1 Å². The van der Waals surface area contributed by atoms with Crippen molar-refractivity contribution >= 4 is 52.7 Å². The van der Waals surface area contributed by atoms with Gasteiger partial charge in [0.2, 0.25) is 5.91 Å². The van der Waals surface area contributed by atoms with E-state index in [1.165, 1.54) is 30.0 Å². The third kappa shape index (κ3) is 4.30. The summed E-state index contributed by atoms with van der Waals surface area (Å²) >= 11 is 8.17. The van der Waals surface area contributed by atoms with E-state index in [0.29, 0.717) is 22.8 Å². The van der Waals surface area contributed by atoms with Gasteiger partial charge in [-0.3, -0.25) is 14.9 Å². The maximum atomic E-state index is 12.0. The Hall–Kier alpha value is -1.45. The number of amides is 1. The highest BCUT2D eigenvalue weighted by atomic mass is 35.5. The van der Waals surface area contributed by atoms with Gasteiger partial charge < -0.3 is 10.4 Å². The average molecular weight is 377 g/mol. The molecule has 1 atom stereocenters. The van der Waals surface area contributed by atoms with Crippen molar-refractivity contribution < 1.29 is 19.6 Å². The normalized spacial score (nSPS) is 20.2. The van der Waals surface area contributed by atoms with Crippen LogP contribution in [0.3, 0.4) is 0 Å². The molecule has 0 spiro atoms. The molecular formula is C13H13ClN2O5S2. The van der Waals surface area contributed by atoms with Gasteiger partial charge in [-0.25, -0.2) is 4.79 Å². The van der Waals surface area contributed by atoms with Crippen molar-refractivity contribution in [1.29, 1.82) is 0 Å². The van der Waals surface area contributed by atoms with E-state index in [2.05, 4.69) is 5.32 Å². The molecule has 1 aliphatic rings. The number of hydrogen-bond acceptors (Lipinski definition) is 6. The lowest BCUT2D eigenvalue weighted by molar-refractivity contribution is -0.387. The number of hydrogen-bond donors (Lipinski definition) is 2. The van der Waals surface area contributed by atoms with Crippen LogP contribution in [0, 0.1) is 10.1 Å². The number of carboxylic acid groups (broad SMARTS) is 1. The van der Waals surface area contributed by atoms with Gasteiger partial charge in [-0.15, -0.1) is 11.8 Å². The number of benzene rings is 1. The number of thioether (sulfide) groups is 2. The maximum absolute atomic E-state index is 12.0. The molecule has 2 rings (SSSR count). The molecule has 1 heterocycles. The fourth-order valence-electron chi connectivity index (χ4n) is 2.09. The van der Waals surface area contributed by atoms with Crippen LogP contribution in [-0.2, 0) is 9.59 Å². The highest BCUT2D eigenvalue weighted by Crippen LogP contribution is 2.32. The Bertz CT molecular complexity index is 649. The second kappa shape index (κ2) is 7.41. The number of carbonyl (C=O) groups excluding carboxylic acids is 1. The number of nitrogens with zero attached hydrogens (tertiary/aromatic N) is 1. The van der Waals surface area contributed by atoms with Gasteiger partial charge >= 0.3 is 5.97 Å². The van der Waals surface area contributed by atoms with Gasteiger partial charge in [-0.2, -0.15) is 11.8 Å². The van der Waals surface area contributed by atoms with E-state index in [9.17, 15) is 24.8 Å². The smallest absolute Gasteiger partial charge is 0.330 e. The summed E-state index contributed by atoms with van der Waals surface area (Å²) < 4.78 is 0. The minimum atomic E-state index is -1.24. The highest BCUT2D eigenvalue weighted by Gasteiger charge is 2.43. The molecule has 124 valence electrons. The fraction of sp³-hybridized carbons (Fsp3) is 0.385. The van der Waals surface area contributed by atoms with Gasteiger partial charge in [-0.1, -0.05) is 11.6 Å². The third-order valence-electron chi connectivity index (χ3n) is 3.29. The molecule has 0 saturated carbocycles. The Morgan fingerprint density at radius 2 is 2.26 bits per heavy atom. The first kappa shape index (κ1) is 17.9. The van der Waals surface area contributed by atoms with Gasteiger partial charge in [0.25, 0.3) is 5.69 Å². The average Bonchev–Trinajstić information content (AvgIpc) is 2.95. The second-order valence-corrected chi connectivity index (χ2v) is 7.45. The number of nitro benzene ring substituents is 1. The Morgan fingerprint density at radius 1 is 1.52 bits per heavy atom. The van der Waals surface area contributed by atoms with Crippen molar-refractivity contribution in [1.82, 2.24) is 5.32 Å². The summed E-state index contributed by atoms with van der Waals surface area (Å²) in [6.45, 7) is 0. The molecule has 1 aromatic carbocycles. The molecular weight excluding hydrogens is 364 g/mol. The Balaban J connectivity index is 2.02. The number of aliphatic carboxylic acids is 1. The van der Waals surface area contributed by atoms with E-state index >= 15 is 0 Å². The minimum Gasteiger partial charge on any atom is -0.479 e. The maximum Gasteiger partial charge on any atom is 0.330 e. The molecule has 1 fully saturated rings. The minimum absolute atomic E-state index is 0.109. The van der Waals surface area contributed by atoms with Crippen LogP contribution in [-0.4, -0.2) is 44.7 Å². The van der Waals surface area contributed by atoms with Crippen molar-refractivity contribution in [3.8, 4) is 0 Å². The summed E-state index contributed by atoms with van der Waals surface area (Å²) in [6, 6.07) is 4.19. The number of carbonyl (C=O) groups is 2. The van der Waals surface area contributed by atoms with Crippen molar-refractivity contribution in [2.75, 3.05) is 17.3 Å². The van der Waals surface area contributed by atoms with Gasteiger partial charge in [0.1, 0.15) is 5.54 Å². The van der Waals surface area contributed by atoms with Crippen molar-refractivity contribution in [2.45, 2.75) is 16.9 Å². The molecule has 1 aromatic rings. The van der Waals surface area contributed by atoms with E-state index in [-0.39, 0.29) is 16.5 Å². The van der Waals surface area contributed by atoms with Crippen LogP contribution in [0.1, 0.15) is 6.42 Å². The van der Waals surface area contributed by atoms with Gasteiger partial charge in [0.15, 0.2) is 0 Å². The third-order valence-corrected chi connectivity index (χ3v) is 5.77. The predicted molar refractivity (Wildman–Crippen MR) is 89.3 cm³/mol. The molecule has 10 heteroatoms. The molecule has 23 heavy (non-hydrogen) atoms. The molecule has 0 bridgehead atoms. The summed E-state index contributed by atoms with van der Waals surface area (Å²) in [5.74, 6) is -0.646. The van der Waals surface area contributed by atoms with Crippen LogP contribution in [0.4, 0.5) is 5.69 Å². The number of carboxylic acids is 1. The number of nitro groups is 1. The molecule has 1 saturated heterocycles. The van der Waals surface area contributed by atoms with E-state index in [0.717, 1.165) is 11.8 Å². The zero-order valence-corrected chi connectivity index (χ0v) is 14.2. The summed E-state index contributed by atoms with van der Waals surface area (Å²) in [5, 5.41) is 23.1. The SMILES string of the molecule is O=C(CSc1ccc(Cl)cc1[N+](=O)[O-])NC1(C(=O)O)CCSC1. The quantitative estimate of drug-likeness (QED) is 0.445. The second-order valence-electron chi connectivity index (χ2n) is 4.90. The Labute approximate surface area is 145 Å². The van der Waals surface area contributed by atoms with Crippen LogP contribution < -0.4 is 5.32 Å². The number of rotatable bonds is 6. The van der Waals surface area contributed by atoms with Crippen molar-refractivity contribution in [3.63, 3.8) is 0 Å². The molecule has 1 unspecified atom stereocenters. The lowest BCUT2D eigenvalue weighted by Gasteiger charge is -2.24. The lowest BCUT2D eigenvalue weighted by atomic mass is 9.99. The van der Waals surface area contributed by atoms with Gasteiger partial charge in [-0.05, 0) is 24.3 Å². The molecule has 0 aromatic heterocycles. The Kier molecular flexibility index (Phi) is 5.77. The summed E-state index contributed by atoms with van der Waals surface area (Å²) in [7, 11) is 0. The zero-order chi connectivity index (χ0) is 17.0. The first-order valence-corrected chi connectivity index (χ1v) is 9.05. The molecule has 0 radical (unpaired) electrons. The number of halogens is 1. The van der Waals surface area contributed by atoms with E-state index in [4.69, 9.17) is 11.6 Å². The van der Waals surface area contributed by atoms with Crippen LogP contribution in [0.2, 0.25) is 5.02 Å². The van der Waals surface area contributed by atoms with E-state index in [1.807, 2.05) is 0 Å². The monoisotopic (exact) mass is 376 g/mol. The largest absolute Gasteiger partial charge is 0.479 e. The molecule has 7 nitrogen and oxygen atoms in total. The summed E-state index contributed by atoms with van der Waals surface area (Å²) in [6.07, 6.45) is 0.366. The first-order valence-electron chi connectivity index (χ1n) is 6.53. The standard InChI is InChI=1S/C13H13ClN2O5S2/c14-8-1-2-10(9(5-8)16(20)21)23-6-11(17)15-13(12(18)19)3-4-22-7-13/h1-2,5H,3-4,6-7H2,(H,15,17)(H,18,19). The molecule has 1 amide bonds. The topological polar surface area (TPSA) is 110 Å². The lowest BCUT2D eigenvalue weighted by Crippen LogP contribution is -2.55. The molecule has 0 aliphatic carbocycles. The zero-order valence-electron chi connectivity index (χ0n) is 11.8. The molecule has 1 aliphatic heterocycles. The van der Waals surface area contributed by atoms with Crippen molar-refractivity contribution in [3.05, 3.63) is 33.3 Å². The van der Waals surface area contributed by atoms with Crippen molar-refractivity contribution in [2.24, 2.45) is 0 Å². The van der Waals surface area contributed by atoms with E-state index in [1.54, 1.807) is 0 Å². The van der Waals surface area contributed by atoms with Crippen LogP contribution in [0.25, 0.3) is 0 Å². The summed E-state index contributed by atoms with van der Waals surface area (Å²) in [5.41, 5.74) is -1.42. The Morgan fingerprint density at radius 3 is 2.83 bits per heavy atom. The fourth-order valence-corrected chi connectivity index (χ4v) is 4.38. The van der Waals surface area contributed by atoms with Gasteiger partial charge in [0.05, 0.1) is 15.6 Å². The predicted octanol–water partition coefficient (Wildman–Crippen LogP) is 2.42. The molecule has 2 N–H and O–H groups in total. The van der Waals surface area contributed by atoms with Gasteiger partial charge in [0, 0.05) is 16.8 Å². The van der Waals surface area contributed by atoms with E-state index < -0.39 is 22.3 Å². The highest BCUT2D eigenvalue weighted by molar-refractivity contribution is 8.00. The first-order chi connectivity index (χ1) is 10.8. The summed E-state index contributed by atoms with van der Waals surface area (Å²) in [4.78, 5) is 34.1.